The minimum Gasteiger partial charge on any atom is -0.392 e. The zero-order valence-corrected chi connectivity index (χ0v) is 10.5. The summed E-state index contributed by atoms with van der Waals surface area (Å²) < 4.78 is 0. The van der Waals surface area contributed by atoms with Gasteiger partial charge in [-0.05, 0) is 24.0 Å². The summed E-state index contributed by atoms with van der Waals surface area (Å²) >= 11 is 0. The van der Waals surface area contributed by atoms with Gasteiger partial charge in [0.2, 0.25) is 5.91 Å². The van der Waals surface area contributed by atoms with Crippen LogP contribution in [0.3, 0.4) is 0 Å². The first-order valence-corrected chi connectivity index (χ1v) is 6.37. The van der Waals surface area contributed by atoms with Gasteiger partial charge in [-0.15, -0.1) is 0 Å². The lowest BCUT2D eigenvalue weighted by Gasteiger charge is -2.39. The Hall–Kier alpha value is -1.39. The molecule has 0 atom stereocenters. The number of benzene rings is 1. The molecule has 2 rings (SSSR count). The predicted octanol–water partition coefficient (Wildman–Crippen LogP) is 0.924. The van der Waals surface area contributed by atoms with Crippen molar-refractivity contribution in [1.29, 1.82) is 0 Å². The largest absolute Gasteiger partial charge is 0.392 e. The van der Waals surface area contributed by atoms with Crippen molar-refractivity contribution in [2.24, 2.45) is 11.1 Å². The van der Waals surface area contributed by atoms with E-state index in [1.54, 1.807) is 0 Å². The number of aliphatic hydroxyl groups is 1. The fraction of sp³-hybridized carbons (Fsp3) is 0.500. The number of amides is 1. The van der Waals surface area contributed by atoms with Crippen molar-refractivity contribution in [3.63, 3.8) is 0 Å². The van der Waals surface area contributed by atoms with E-state index in [0.29, 0.717) is 13.1 Å². The van der Waals surface area contributed by atoms with Crippen LogP contribution >= 0.6 is 0 Å². The standard InChI is InChI=1S/C14H20N2O2/c15-10-14(6-1-7-14)13(18)16-8-11-2-4-12(9-17)5-3-11/h2-5,17H,1,6-10,15H2,(H,16,18). The summed E-state index contributed by atoms with van der Waals surface area (Å²) in [6.45, 7) is 0.998. The minimum atomic E-state index is -0.314. The second kappa shape index (κ2) is 5.50. The summed E-state index contributed by atoms with van der Waals surface area (Å²) in [6, 6.07) is 7.57. The molecule has 0 unspecified atom stereocenters. The number of hydrogen-bond acceptors (Lipinski definition) is 3. The van der Waals surface area contributed by atoms with Gasteiger partial charge in [0.05, 0.1) is 12.0 Å². The van der Waals surface area contributed by atoms with Crippen LogP contribution in [0, 0.1) is 5.41 Å². The van der Waals surface area contributed by atoms with Crippen LogP contribution in [0.25, 0.3) is 0 Å². The molecule has 1 fully saturated rings. The Balaban J connectivity index is 1.88. The van der Waals surface area contributed by atoms with Crippen LogP contribution in [-0.4, -0.2) is 17.6 Å². The number of hydrogen-bond donors (Lipinski definition) is 3. The monoisotopic (exact) mass is 248 g/mol. The highest BCUT2D eigenvalue weighted by molar-refractivity contribution is 5.83. The molecular formula is C14H20N2O2. The average molecular weight is 248 g/mol. The minimum absolute atomic E-state index is 0.0446. The highest BCUT2D eigenvalue weighted by Gasteiger charge is 2.42. The average Bonchev–Trinajstić information content (AvgIpc) is 2.36. The molecule has 0 saturated heterocycles. The third-order valence-corrected chi connectivity index (χ3v) is 3.84. The molecule has 1 aliphatic carbocycles. The molecule has 1 aromatic rings. The van der Waals surface area contributed by atoms with Gasteiger partial charge in [0.15, 0.2) is 0 Å². The predicted molar refractivity (Wildman–Crippen MR) is 69.5 cm³/mol. The molecule has 1 saturated carbocycles. The van der Waals surface area contributed by atoms with Crippen molar-refractivity contribution in [3.8, 4) is 0 Å². The summed E-state index contributed by atoms with van der Waals surface area (Å²) in [6.07, 6.45) is 2.90. The summed E-state index contributed by atoms with van der Waals surface area (Å²) in [4.78, 5) is 12.0. The van der Waals surface area contributed by atoms with Crippen molar-refractivity contribution in [2.75, 3.05) is 6.54 Å². The van der Waals surface area contributed by atoms with E-state index in [1.807, 2.05) is 24.3 Å². The maximum Gasteiger partial charge on any atom is 0.227 e. The number of nitrogens with one attached hydrogen (secondary N) is 1. The van der Waals surface area contributed by atoms with E-state index in [1.165, 1.54) is 0 Å². The van der Waals surface area contributed by atoms with E-state index in [2.05, 4.69) is 5.32 Å². The van der Waals surface area contributed by atoms with Crippen LogP contribution < -0.4 is 11.1 Å². The Labute approximate surface area is 107 Å². The van der Waals surface area contributed by atoms with Crippen LogP contribution in [0.1, 0.15) is 30.4 Å². The first-order chi connectivity index (χ1) is 8.70. The molecule has 1 aromatic carbocycles. The van der Waals surface area contributed by atoms with Gasteiger partial charge in [0.1, 0.15) is 0 Å². The number of aliphatic hydroxyl groups excluding tert-OH is 1. The molecule has 4 N–H and O–H groups in total. The van der Waals surface area contributed by atoms with Gasteiger partial charge in [-0.2, -0.15) is 0 Å². The van der Waals surface area contributed by atoms with E-state index in [9.17, 15) is 4.79 Å². The van der Waals surface area contributed by atoms with Crippen molar-refractivity contribution < 1.29 is 9.90 Å². The summed E-state index contributed by atoms with van der Waals surface area (Å²) in [5.74, 6) is 0.0717. The lowest BCUT2D eigenvalue weighted by Crippen LogP contribution is -2.50. The molecule has 4 heteroatoms. The molecule has 1 amide bonds. The zero-order valence-electron chi connectivity index (χ0n) is 10.5. The van der Waals surface area contributed by atoms with E-state index in [-0.39, 0.29) is 17.9 Å². The van der Waals surface area contributed by atoms with Crippen molar-refractivity contribution in [3.05, 3.63) is 35.4 Å². The van der Waals surface area contributed by atoms with Crippen LogP contribution in [0.15, 0.2) is 24.3 Å². The third-order valence-electron chi connectivity index (χ3n) is 3.84. The van der Waals surface area contributed by atoms with Crippen LogP contribution in [-0.2, 0) is 17.9 Å². The second-order valence-electron chi connectivity index (χ2n) is 5.00. The molecule has 18 heavy (non-hydrogen) atoms. The van der Waals surface area contributed by atoms with Gasteiger partial charge in [0.25, 0.3) is 0 Å². The number of carbonyl (C=O) groups is 1. The lowest BCUT2D eigenvalue weighted by molar-refractivity contribution is -0.135. The molecule has 0 spiro atoms. The van der Waals surface area contributed by atoms with Crippen molar-refractivity contribution in [1.82, 2.24) is 5.32 Å². The Bertz CT molecular complexity index is 405. The first kappa shape index (κ1) is 13.1. The molecule has 0 aromatic heterocycles. The highest BCUT2D eigenvalue weighted by atomic mass is 16.3. The first-order valence-electron chi connectivity index (χ1n) is 6.37. The smallest absolute Gasteiger partial charge is 0.227 e. The lowest BCUT2D eigenvalue weighted by atomic mass is 9.68. The molecule has 0 heterocycles. The third kappa shape index (κ3) is 2.54. The molecule has 0 aliphatic heterocycles. The van der Waals surface area contributed by atoms with Crippen LogP contribution in [0.4, 0.5) is 0 Å². The number of nitrogens with two attached hydrogens (primary N) is 1. The van der Waals surface area contributed by atoms with E-state index in [0.717, 1.165) is 30.4 Å². The number of rotatable bonds is 5. The normalized spacial score (nSPS) is 17.0. The summed E-state index contributed by atoms with van der Waals surface area (Å²) in [5, 5.41) is 11.9. The van der Waals surface area contributed by atoms with Crippen LogP contribution in [0.2, 0.25) is 0 Å². The van der Waals surface area contributed by atoms with E-state index >= 15 is 0 Å². The Morgan fingerprint density at radius 2 is 1.89 bits per heavy atom. The highest BCUT2D eigenvalue weighted by Crippen LogP contribution is 2.39. The fourth-order valence-electron chi connectivity index (χ4n) is 2.26. The summed E-state index contributed by atoms with van der Waals surface area (Å²) in [7, 11) is 0. The van der Waals surface area contributed by atoms with Gasteiger partial charge in [-0.25, -0.2) is 0 Å². The fourth-order valence-corrected chi connectivity index (χ4v) is 2.26. The molecule has 1 aliphatic rings. The van der Waals surface area contributed by atoms with Gasteiger partial charge in [-0.3, -0.25) is 4.79 Å². The van der Waals surface area contributed by atoms with E-state index < -0.39 is 0 Å². The Kier molecular flexibility index (Phi) is 3.99. The van der Waals surface area contributed by atoms with Gasteiger partial charge in [-0.1, -0.05) is 30.7 Å². The maximum atomic E-state index is 12.0. The molecule has 0 bridgehead atoms. The molecule has 98 valence electrons. The quantitative estimate of drug-likeness (QED) is 0.725. The molecule has 4 nitrogen and oxygen atoms in total. The maximum absolute atomic E-state index is 12.0. The van der Waals surface area contributed by atoms with Gasteiger partial charge in [0, 0.05) is 13.1 Å². The Morgan fingerprint density at radius 1 is 1.28 bits per heavy atom. The topological polar surface area (TPSA) is 75.4 Å². The zero-order chi connectivity index (χ0) is 13.0. The van der Waals surface area contributed by atoms with E-state index in [4.69, 9.17) is 10.8 Å². The van der Waals surface area contributed by atoms with Gasteiger partial charge < -0.3 is 16.2 Å². The van der Waals surface area contributed by atoms with Crippen molar-refractivity contribution in [2.45, 2.75) is 32.4 Å². The van der Waals surface area contributed by atoms with Gasteiger partial charge >= 0.3 is 0 Å². The SMILES string of the molecule is NCC1(C(=O)NCc2ccc(CO)cc2)CCC1. The molecular weight excluding hydrogens is 228 g/mol. The summed E-state index contributed by atoms with van der Waals surface area (Å²) in [5.41, 5.74) is 7.29. The second-order valence-corrected chi connectivity index (χ2v) is 5.00. The van der Waals surface area contributed by atoms with Crippen LogP contribution in [0.5, 0.6) is 0 Å². The molecule has 0 radical (unpaired) electrons. The van der Waals surface area contributed by atoms with Crippen molar-refractivity contribution >= 4 is 5.91 Å². The Morgan fingerprint density at radius 3 is 2.33 bits per heavy atom. The number of carbonyl (C=O) groups excluding carboxylic acids is 1.